The van der Waals surface area contributed by atoms with E-state index in [0.29, 0.717) is 0 Å². The van der Waals surface area contributed by atoms with Gasteiger partial charge in [-0.3, -0.25) is 0 Å². The second kappa shape index (κ2) is 2.21. The molecule has 0 radical (unpaired) electrons. The van der Waals surface area contributed by atoms with Crippen LogP contribution in [-0.2, 0) is 4.74 Å². The van der Waals surface area contributed by atoms with Crippen LogP contribution in [0, 0.1) is 0 Å². The molecule has 0 rings (SSSR count). The Kier molecular flexibility index (Phi) is 0.935. The maximum absolute atomic E-state index is 11.3. The van der Waals surface area contributed by atoms with E-state index in [-0.39, 0.29) is 0 Å². The summed E-state index contributed by atoms with van der Waals surface area (Å²) in [6, 6.07) is 0. The number of methoxy groups -OCH3 is 1. The molecule has 0 heterocycles. The first-order valence-electron chi connectivity index (χ1n) is 3.06. The summed E-state index contributed by atoms with van der Waals surface area (Å²) >= 11 is 0. The summed E-state index contributed by atoms with van der Waals surface area (Å²) in [6.45, 7) is -6.82. The Morgan fingerprint density at radius 3 is 2.43 bits per heavy atom. The molecule has 0 saturated heterocycles. The van der Waals surface area contributed by atoms with Crippen LogP contribution in [0.5, 0.6) is 0 Å². The lowest BCUT2D eigenvalue weighted by atomic mass is 9.95. The highest BCUT2D eigenvalue weighted by atomic mass is 19.4. The highest BCUT2D eigenvalue weighted by Crippen LogP contribution is 2.06. The Labute approximate surface area is 43.7 Å². The van der Waals surface area contributed by atoms with E-state index >= 15 is 0 Å². The quantitative estimate of drug-likeness (QED) is 0.489. The number of halogens is 3. The third-order valence-electron chi connectivity index (χ3n) is 0.272. The van der Waals surface area contributed by atoms with E-state index in [4.69, 9.17) is 4.11 Å². The second-order valence-electron chi connectivity index (χ2n) is 1.02. The SMILES string of the molecule is [2H]C([2H])([2H])OC[B-](F)(F)F. The molecule has 5 heteroatoms. The van der Waals surface area contributed by atoms with Gasteiger partial charge in [-0.2, -0.15) is 0 Å². The van der Waals surface area contributed by atoms with E-state index in [1.165, 1.54) is 0 Å². The fraction of sp³-hybridized carbons (Fsp3) is 1.00. The van der Waals surface area contributed by atoms with Crippen LogP contribution in [0.1, 0.15) is 4.11 Å². The minimum absolute atomic E-state index is 1.67. The topological polar surface area (TPSA) is 9.23 Å². The summed E-state index contributed by atoms with van der Waals surface area (Å²) in [4.78, 5) is 0. The van der Waals surface area contributed by atoms with Crippen molar-refractivity contribution in [3.05, 3.63) is 0 Å². The van der Waals surface area contributed by atoms with Gasteiger partial charge in [0.2, 0.25) is 0 Å². The Hall–Kier alpha value is -0.185. The minimum Gasteiger partial charge on any atom is -0.447 e. The third kappa shape index (κ3) is 5.81. The lowest BCUT2D eigenvalue weighted by molar-refractivity contribution is 0.212. The van der Waals surface area contributed by atoms with Crippen LogP contribution in [0.4, 0.5) is 12.9 Å². The Balaban J connectivity index is 3.56. The highest BCUT2D eigenvalue weighted by Gasteiger charge is 2.21. The second-order valence-corrected chi connectivity index (χ2v) is 1.02. The first-order chi connectivity index (χ1) is 4.21. The van der Waals surface area contributed by atoms with E-state index in [1.807, 2.05) is 0 Å². The molecule has 7 heavy (non-hydrogen) atoms. The molecule has 44 valence electrons. The maximum atomic E-state index is 11.3. The molecule has 1 nitrogen and oxygen atoms in total. The van der Waals surface area contributed by atoms with Gasteiger partial charge in [-0.15, -0.1) is 0 Å². The molecular formula is C2H5BF3O-. The van der Waals surface area contributed by atoms with Crippen LogP contribution in [-0.4, -0.2) is 20.5 Å². The predicted octanol–water partition coefficient (Wildman–Crippen LogP) is 1.02. The van der Waals surface area contributed by atoms with Gasteiger partial charge in [0, 0.05) is 13.5 Å². The van der Waals surface area contributed by atoms with Gasteiger partial charge in [0.15, 0.2) is 0 Å². The van der Waals surface area contributed by atoms with Gasteiger partial charge in [0.25, 0.3) is 0 Å². The molecule has 0 saturated carbocycles. The number of ether oxygens (including phenoxy) is 1. The first-order valence-corrected chi connectivity index (χ1v) is 1.56. The molecule has 0 aromatic heterocycles. The fourth-order valence-corrected chi connectivity index (χ4v) is 0.0945. The molecule has 0 aromatic rings. The van der Waals surface area contributed by atoms with Crippen LogP contribution in [0.2, 0.25) is 0 Å². The first kappa shape index (κ1) is 2.97. The van der Waals surface area contributed by atoms with Crippen molar-refractivity contribution in [3.63, 3.8) is 0 Å². The fourth-order valence-electron chi connectivity index (χ4n) is 0.0945. The van der Waals surface area contributed by atoms with Crippen LogP contribution in [0.15, 0.2) is 0 Å². The molecule has 0 fully saturated rings. The number of rotatable bonds is 2. The Morgan fingerprint density at radius 1 is 1.71 bits per heavy atom. The van der Waals surface area contributed by atoms with Crippen molar-refractivity contribution in [2.45, 2.75) is 0 Å². The Morgan fingerprint density at radius 2 is 2.29 bits per heavy atom. The summed E-state index contributed by atoms with van der Waals surface area (Å²) in [5.74, 6) is 0. The van der Waals surface area contributed by atoms with Crippen LogP contribution >= 0.6 is 0 Å². The van der Waals surface area contributed by atoms with Gasteiger partial charge in [0.05, 0.1) is 4.11 Å². The highest BCUT2D eigenvalue weighted by molar-refractivity contribution is 6.58. The van der Waals surface area contributed by atoms with Gasteiger partial charge in [-0.25, -0.2) is 0 Å². The van der Waals surface area contributed by atoms with Crippen molar-refractivity contribution in [2.24, 2.45) is 0 Å². The molecule has 0 aliphatic carbocycles. The van der Waals surface area contributed by atoms with Crippen molar-refractivity contribution >= 4 is 6.98 Å². The summed E-state index contributed by atoms with van der Waals surface area (Å²) in [5, 5.41) is 0. The average Bonchev–Trinajstić information content (AvgIpc) is 1.57. The minimum atomic E-state index is -5.15. The standard InChI is InChI=1S/C2H5BF3O/c1-7-2-3(4,5)6/h2H2,1H3/q-1/i1D3. The number of hydrogen-bond donors (Lipinski definition) is 0. The average molecular weight is 116 g/mol. The molecule has 0 atom stereocenters. The smallest absolute Gasteiger partial charge is 0.447 e. The Bertz CT molecular complexity index is 95.3. The molecule has 0 aromatic carbocycles. The number of hydrogen-bond acceptors (Lipinski definition) is 1. The molecule has 0 N–H and O–H groups in total. The molecule has 0 bridgehead atoms. The van der Waals surface area contributed by atoms with E-state index < -0.39 is 20.5 Å². The molecule has 0 aliphatic rings. The predicted molar refractivity (Wildman–Crippen MR) is 21.0 cm³/mol. The largest absolute Gasteiger partial charge is 0.503 e. The monoisotopic (exact) mass is 116 g/mol. The van der Waals surface area contributed by atoms with Crippen molar-refractivity contribution < 1.29 is 21.8 Å². The molecule has 0 amide bonds. The zero-order chi connectivity index (χ0) is 8.41. The normalized spacial score (nSPS) is 20.1. The van der Waals surface area contributed by atoms with E-state index in [0.717, 1.165) is 0 Å². The third-order valence-corrected chi connectivity index (χ3v) is 0.272. The van der Waals surface area contributed by atoms with Gasteiger partial charge in [-0.05, 0) is 0 Å². The maximum Gasteiger partial charge on any atom is 0.503 e. The van der Waals surface area contributed by atoms with E-state index in [2.05, 4.69) is 4.74 Å². The van der Waals surface area contributed by atoms with E-state index in [1.54, 1.807) is 0 Å². The van der Waals surface area contributed by atoms with Crippen LogP contribution in [0.25, 0.3) is 0 Å². The lowest BCUT2D eigenvalue weighted by Gasteiger charge is -2.09. The molecule has 0 unspecified atom stereocenters. The summed E-state index contributed by atoms with van der Waals surface area (Å²) in [6.07, 6.45) is 0. The molecule has 0 spiro atoms. The molecular weight excluding hydrogens is 108 g/mol. The van der Waals surface area contributed by atoms with Gasteiger partial charge >= 0.3 is 6.98 Å². The zero-order valence-corrected chi connectivity index (χ0v) is 3.33. The van der Waals surface area contributed by atoms with Gasteiger partial charge in [-0.1, -0.05) is 0 Å². The molecule has 0 aliphatic heterocycles. The van der Waals surface area contributed by atoms with Crippen LogP contribution < -0.4 is 0 Å². The van der Waals surface area contributed by atoms with Crippen LogP contribution in [0.3, 0.4) is 0 Å². The van der Waals surface area contributed by atoms with Crippen molar-refractivity contribution in [3.8, 4) is 0 Å². The summed E-state index contributed by atoms with van der Waals surface area (Å²) < 4.78 is 56.0. The van der Waals surface area contributed by atoms with E-state index in [9.17, 15) is 12.9 Å². The van der Waals surface area contributed by atoms with Gasteiger partial charge in [0.1, 0.15) is 0 Å². The lowest BCUT2D eigenvalue weighted by Crippen LogP contribution is -2.22. The van der Waals surface area contributed by atoms with Gasteiger partial charge < -0.3 is 17.7 Å². The summed E-state index contributed by atoms with van der Waals surface area (Å²) in [5.41, 5.74) is 0. The van der Waals surface area contributed by atoms with Crippen molar-refractivity contribution in [1.82, 2.24) is 0 Å². The zero-order valence-electron chi connectivity index (χ0n) is 6.33. The summed E-state index contributed by atoms with van der Waals surface area (Å²) in [7, 11) is -2.95. The van der Waals surface area contributed by atoms with Crippen molar-refractivity contribution in [2.75, 3.05) is 13.5 Å². The van der Waals surface area contributed by atoms with Crippen molar-refractivity contribution in [1.29, 1.82) is 0 Å².